The van der Waals surface area contributed by atoms with Crippen LogP contribution in [0.4, 0.5) is 24.0 Å². The topological polar surface area (TPSA) is 309 Å². The van der Waals surface area contributed by atoms with Crippen molar-refractivity contribution in [1.82, 2.24) is 89.1 Å². The van der Waals surface area contributed by atoms with Crippen LogP contribution in [0.1, 0.15) is 180 Å². The van der Waals surface area contributed by atoms with Gasteiger partial charge in [-0.2, -0.15) is 20.4 Å². The molecule has 0 spiro atoms. The lowest BCUT2D eigenvalue weighted by Crippen LogP contribution is -2.44. The lowest BCUT2D eigenvalue weighted by atomic mass is 10.0. The molecule has 0 aliphatic carbocycles. The zero-order valence-electron chi connectivity index (χ0n) is 64.6. The van der Waals surface area contributed by atoms with Crippen molar-refractivity contribution < 1.29 is 57.2 Å². The Balaban J connectivity index is 0.000000189. The van der Waals surface area contributed by atoms with Gasteiger partial charge in [-0.05, 0) is 178 Å². The maximum Gasteiger partial charge on any atom is 0.410 e. The SMILES string of the molecule is CC(C)(C)OC(=O)N1CCCC(=O)C1.CC(C)(C)OC(=O)N1CCc2nc[nH]c2C1.CN(C)/C=C1\CCN(C(=O)OC(C)(C)C)CC1=O.Cn1cc2c(n1)CN(C(=O)OC(C)(C)C)CC2.Cn1cc2c(n1)CNCC2.Cn1ncc2c1CN(C(=O)OC(C)(C)C)CC2.Cn1ncc2c1CNCC2. The number of ketones is 2. The molecule has 0 radical (unpaired) electrons. The monoisotopic (exact) mass is 1420 g/mol. The quantitative estimate of drug-likeness (QED) is 0.105. The fourth-order valence-electron chi connectivity index (χ4n) is 11.3. The number of ether oxygens (including phenoxy) is 5. The summed E-state index contributed by atoms with van der Waals surface area (Å²) < 4.78 is 33.9. The molecule has 0 atom stereocenters. The molecule has 566 valence electrons. The van der Waals surface area contributed by atoms with Gasteiger partial charge in [-0.3, -0.25) is 28.3 Å². The van der Waals surface area contributed by atoms with Crippen molar-refractivity contribution in [2.45, 2.75) is 216 Å². The fraction of sp³-hybridized carbons (Fsp3) is 0.667. The molecule has 3 N–H and O–H groups in total. The van der Waals surface area contributed by atoms with Gasteiger partial charge in [-0.25, -0.2) is 29.0 Å². The maximum atomic E-state index is 11.9. The summed E-state index contributed by atoms with van der Waals surface area (Å²) in [4.78, 5) is 99.1. The second-order valence-corrected chi connectivity index (χ2v) is 31.4. The molecule has 5 aromatic heterocycles. The van der Waals surface area contributed by atoms with Gasteiger partial charge in [0.05, 0.1) is 85.6 Å². The third-order valence-electron chi connectivity index (χ3n) is 16.0. The fourth-order valence-corrected chi connectivity index (χ4v) is 11.3. The normalized spacial score (nSPS) is 16.9. The second-order valence-electron chi connectivity index (χ2n) is 31.4. The van der Waals surface area contributed by atoms with Crippen LogP contribution in [-0.4, -0.2) is 222 Å². The molecule has 0 bridgehead atoms. The number of H-pyrrole nitrogens is 1. The maximum absolute atomic E-state index is 11.9. The number of aromatic amines is 1. The molecule has 12 rings (SSSR count). The molecule has 30 nitrogen and oxygen atoms in total. The average Bonchev–Trinajstić information content (AvgIpc) is 1.63. The van der Waals surface area contributed by atoms with Gasteiger partial charge < -0.3 is 68.7 Å². The average molecular weight is 1430 g/mol. The number of aromatic nitrogens is 10. The Morgan fingerprint density at radius 3 is 1.37 bits per heavy atom. The van der Waals surface area contributed by atoms with E-state index >= 15 is 0 Å². The van der Waals surface area contributed by atoms with Crippen LogP contribution in [0.2, 0.25) is 0 Å². The summed E-state index contributed by atoms with van der Waals surface area (Å²) in [7, 11) is 11.5. The Hall–Kier alpha value is -8.80. The number of imidazole rings is 1. The van der Waals surface area contributed by atoms with E-state index in [1.807, 2.05) is 190 Å². The third kappa shape index (κ3) is 27.5. The van der Waals surface area contributed by atoms with Gasteiger partial charge in [0.2, 0.25) is 0 Å². The van der Waals surface area contributed by atoms with Crippen LogP contribution in [0.3, 0.4) is 0 Å². The van der Waals surface area contributed by atoms with Crippen LogP contribution in [-0.2, 0) is 126 Å². The summed E-state index contributed by atoms with van der Waals surface area (Å²) in [6.07, 6.45) is 16.5. The van der Waals surface area contributed by atoms with Crippen molar-refractivity contribution in [3.63, 3.8) is 0 Å². The first kappa shape index (κ1) is 82.2. The van der Waals surface area contributed by atoms with Crippen LogP contribution in [0.25, 0.3) is 0 Å². The van der Waals surface area contributed by atoms with Crippen LogP contribution in [0.15, 0.2) is 42.9 Å². The third-order valence-corrected chi connectivity index (χ3v) is 16.0. The van der Waals surface area contributed by atoms with Gasteiger partial charge in [-0.1, -0.05) is 0 Å². The Bertz CT molecular complexity index is 3620. The van der Waals surface area contributed by atoms with Crippen molar-refractivity contribution in [2.75, 3.05) is 73.0 Å². The van der Waals surface area contributed by atoms with Crippen molar-refractivity contribution in [2.24, 2.45) is 28.2 Å². The van der Waals surface area contributed by atoms with E-state index < -0.39 is 34.1 Å². The molecule has 0 unspecified atom stereocenters. The van der Waals surface area contributed by atoms with Crippen molar-refractivity contribution in [1.29, 1.82) is 0 Å². The van der Waals surface area contributed by atoms with E-state index in [9.17, 15) is 33.6 Å². The van der Waals surface area contributed by atoms with Gasteiger partial charge in [0, 0.05) is 125 Å². The first-order chi connectivity index (χ1) is 47.5. The number of nitrogens with one attached hydrogen (secondary N) is 3. The van der Waals surface area contributed by atoms with Gasteiger partial charge in [-0.15, -0.1) is 0 Å². The number of Topliss-reactive ketones (excluding diaryl/α,β-unsaturated/α-hetero) is 2. The van der Waals surface area contributed by atoms with Gasteiger partial charge in [0.1, 0.15) is 28.0 Å². The van der Waals surface area contributed by atoms with Crippen LogP contribution in [0.5, 0.6) is 0 Å². The Morgan fingerprint density at radius 2 is 0.882 bits per heavy atom. The predicted molar refractivity (Wildman–Crippen MR) is 385 cm³/mol. The van der Waals surface area contributed by atoms with E-state index in [1.165, 1.54) is 43.4 Å². The molecule has 5 amide bonds. The highest BCUT2D eigenvalue weighted by molar-refractivity contribution is 5.99. The van der Waals surface area contributed by atoms with E-state index in [0.29, 0.717) is 65.2 Å². The molecule has 102 heavy (non-hydrogen) atoms. The van der Waals surface area contributed by atoms with E-state index in [4.69, 9.17) is 23.7 Å². The molecule has 2 fully saturated rings. The zero-order chi connectivity index (χ0) is 75.7. The van der Waals surface area contributed by atoms with Gasteiger partial charge in [0.25, 0.3) is 0 Å². The number of rotatable bonds is 1. The molecule has 0 aromatic carbocycles. The standard InChI is InChI=1S/C13H22N2O3.2C12H19N3O2.C11H17N3O2.C10H17NO3.2C7H11N3/c1-13(2,3)18-12(17)15-7-6-10(8-14(4)5)11(16)9-15;1-12(2,3)17-11(16)15-6-5-9-7-14(4)13-10(9)8-15;1-12(2,3)17-11(16)15-6-5-9-7-13-14(4)10(9)8-15;1-11(2,3)16-10(15)14-5-4-8-9(6-14)13-7-12-8;1-10(2,3)14-9(13)11-6-4-5-8(12)7-11;1-10-5-6-2-3-8-4-7(6)9-10;1-10-7-5-8-3-2-6(7)4-9-10/h8H,6-7,9H2,1-5H3;2*7H,5-6,8H2,1-4H3;7H,4-6H2,1-3H3,(H,12,13);4-7H2,1-3H3;5,8H,2-4H2,1H3;4,8H,2-3,5H2,1H3/b10-8+;;;;;;. The number of carbonyl (C=O) groups is 7. The number of hydrogen-bond donors (Lipinski definition) is 3. The van der Waals surface area contributed by atoms with Crippen molar-refractivity contribution in [3.8, 4) is 0 Å². The Kier molecular flexibility index (Phi) is 28.9. The molecule has 7 aliphatic rings. The summed E-state index contributed by atoms with van der Waals surface area (Å²) in [5.74, 6) is 0.0999. The van der Waals surface area contributed by atoms with Gasteiger partial charge in [0.15, 0.2) is 11.6 Å². The molecule has 2 saturated heterocycles. The first-order valence-corrected chi connectivity index (χ1v) is 35.2. The highest BCUT2D eigenvalue weighted by atomic mass is 16.6. The highest BCUT2D eigenvalue weighted by Gasteiger charge is 2.33. The summed E-state index contributed by atoms with van der Waals surface area (Å²) in [6, 6.07) is 0. The minimum Gasteiger partial charge on any atom is -0.444 e. The molecule has 30 heteroatoms. The number of likely N-dealkylation sites (tertiary alicyclic amines) is 2. The lowest BCUT2D eigenvalue weighted by Gasteiger charge is -2.30. The number of hydrogen-bond acceptors (Lipinski definition) is 20. The van der Waals surface area contributed by atoms with Gasteiger partial charge >= 0.3 is 30.5 Å². The highest BCUT2D eigenvalue weighted by Crippen LogP contribution is 2.24. The number of amides is 5. The molecule has 12 heterocycles. The van der Waals surface area contributed by atoms with E-state index in [0.717, 1.165) is 93.1 Å². The predicted octanol–water partition coefficient (Wildman–Crippen LogP) is 8.49. The van der Waals surface area contributed by atoms with E-state index in [-0.39, 0.29) is 49.0 Å². The molecule has 0 saturated carbocycles. The number of nitrogens with zero attached hydrogens (tertiary/aromatic N) is 15. The smallest absolute Gasteiger partial charge is 0.410 e. The minimum atomic E-state index is -0.528. The number of fused-ring (bicyclic) bond motifs is 5. The molecule has 5 aromatic rings. The summed E-state index contributed by atoms with van der Waals surface area (Å²) in [5, 5.41) is 23.6. The summed E-state index contributed by atoms with van der Waals surface area (Å²) in [6.45, 7) is 37.1. The molecular weight excluding hydrogens is 1310 g/mol. The largest absolute Gasteiger partial charge is 0.444 e. The molecular formula is C72H116N18O12. The Morgan fingerprint density at radius 1 is 0.461 bits per heavy atom. The lowest BCUT2D eigenvalue weighted by molar-refractivity contribution is -0.122. The Labute approximate surface area is 602 Å². The first-order valence-electron chi connectivity index (χ1n) is 35.2. The number of carbonyl (C=O) groups excluding carboxylic acids is 7. The van der Waals surface area contributed by atoms with E-state index in [2.05, 4.69) is 47.2 Å². The van der Waals surface area contributed by atoms with Crippen LogP contribution >= 0.6 is 0 Å². The zero-order valence-corrected chi connectivity index (χ0v) is 64.6. The van der Waals surface area contributed by atoms with Crippen molar-refractivity contribution in [3.05, 3.63) is 99.3 Å². The minimum absolute atomic E-state index is 0.0131. The second kappa shape index (κ2) is 35.9. The van der Waals surface area contributed by atoms with Crippen LogP contribution in [0, 0.1) is 0 Å². The van der Waals surface area contributed by atoms with Crippen LogP contribution < -0.4 is 10.6 Å². The summed E-state index contributed by atoms with van der Waals surface area (Å²) >= 11 is 0. The number of piperidine rings is 2. The van der Waals surface area contributed by atoms with E-state index in [1.54, 1.807) is 25.7 Å². The van der Waals surface area contributed by atoms with Crippen molar-refractivity contribution >= 4 is 42.0 Å². The molecule has 7 aliphatic heterocycles. The number of aryl methyl sites for hydroxylation is 4. The summed E-state index contributed by atoms with van der Waals surface area (Å²) in [5.41, 5.74) is 10.4.